The van der Waals surface area contributed by atoms with Crippen LogP contribution >= 0.6 is 0 Å². The summed E-state index contributed by atoms with van der Waals surface area (Å²) in [4.78, 5) is 2.50. The zero-order chi connectivity index (χ0) is 13.5. The molecule has 1 aromatic carbocycles. The number of rotatable bonds is 6. The maximum Gasteiger partial charge on any atom is 0.0702 e. The fourth-order valence-electron chi connectivity index (χ4n) is 2.67. The Labute approximate surface area is 116 Å². The second kappa shape index (κ2) is 7.51. The summed E-state index contributed by atoms with van der Waals surface area (Å²) < 4.78 is 5.85. The highest BCUT2D eigenvalue weighted by atomic mass is 16.5. The Morgan fingerprint density at radius 3 is 2.68 bits per heavy atom. The predicted octanol–water partition coefficient (Wildman–Crippen LogP) is 3.05. The summed E-state index contributed by atoms with van der Waals surface area (Å²) in [5.41, 5.74) is 7.90. The Hall–Kier alpha value is -1.06. The molecule has 106 valence electrons. The van der Waals surface area contributed by atoms with Crippen molar-refractivity contribution in [1.29, 1.82) is 0 Å². The summed E-state index contributed by atoms with van der Waals surface area (Å²) in [5.74, 6) is 0. The summed E-state index contributed by atoms with van der Waals surface area (Å²) in [5, 5.41) is 0. The summed E-state index contributed by atoms with van der Waals surface area (Å²) in [6.45, 7) is 6.35. The van der Waals surface area contributed by atoms with Gasteiger partial charge < -0.3 is 10.5 Å². The van der Waals surface area contributed by atoms with Crippen LogP contribution < -0.4 is 5.73 Å². The number of hydrogen-bond acceptors (Lipinski definition) is 3. The van der Waals surface area contributed by atoms with Crippen molar-refractivity contribution >= 4 is 5.69 Å². The maximum atomic E-state index is 5.85. The highest BCUT2D eigenvalue weighted by Gasteiger charge is 2.17. The third-order valence-corrected chi connectivity index (χ3v) is 3.66. The highest BCUT2D eigenvalue weighted by Crippen LogP contribution is 2.16. The summed E-state index contributed by atoms with van der Waals surface area (Å²) in [6.07, 6.45) is 5.35. The second-order valence-electron chi connectivity index (χ2n) is 5.47. The quantitative estimate of drug-likeness (QED) is 0.801. The lowest BCUT2D eigenvalue weighted by Gasteiger charge is -2.29. The summed E-state index contributed by atoms with van der Waals surface area (Å²) in [7, 11) is 0. The average molecular weight is 262 g/mol. The molecule has 3 heteroatoms. The van der Waals surface area contributed by atoms with E-state index < -0.39 is 0 Å². The van der Waals surface area contributed by atoms with E-state index >= 15 is 0 Å². The molecular formula is C16H26N2O. The predicted molar refractivity (Wildman–Crippen MR) is 80.0 cm³/mol. The van der Waals surface area contributed by atoms with Crippen LogP contribution in [-0.2, 0) is 11.3 Å². The van der Waals surface area contributed by atoms with Gasteiger partial charge in [0.25, 0.3) is 0 Å². The Bertz CT molecular complexity index is 358. The third kappa shape index (κ3) is 4.84. The third-order valence-electron chi connectivity index (χ3n) is 3.66. The van der Waals surface area contributed by atoms with E-state index in [1.165, 1.54) is 31.2 Å². The van der Waals surface area contributed by atoms with E-state index in [0.717, 1.165) is 31.9 Å². The van der Waals surface area contributed by atoms with Gasteiger partial charge in [0.2, 0.25) is 0 Å². The van der Waals surface area contributed by atoms with E-state index in [0.29, 0.717) is 6.10 Å². The molecule has 0 radical (unpaired) electrons. The van der Waals surface area contributed by atoms with E-state index in [-0.39, 0.29) is 0 Å². The van der Waals surface area contributed by atoms with Crippen molar-refractivity contribution in [3.63, 3.8) is 0 Å². The van der Waals surface area contributed by atoms with Crippen molar-refractivity contribution in [1.82, 2.24) is 4.90 Å². The molecule has 0 bridgehead atoms. The van der Waals surface area contributed by atoms with Gasteiger partial charge in [-0.15, -0.1) is 0 Å². The topological polar surface area (TPSA) is 38.5 Å². The normalized spacial score (nSPS) is 19.8. The van der Waals surface area contributed by atoms with Gasteiger partial charge >= 0.3 is 0 Å². The number of anilines is 1. The standard InChI is InChI=1S/C16H26N2O/c1-2-10-18(13-16-5-3-4-11-19-16)12-14-6-8-15(17)9-7-14/h6-9,16H,2-5,10-13,17H2,1H3. The Morgan fingerprint density at radius 1 is 1.26 bits per heavy atom. The van der Waals surface area contributed by atoms with Crippen LogP contribution in [0.5, 0.6) is 0 Å². The lowest BCUT2D eigenvalue weighted by atomic mass is 10.1. The van der Waals surface area contributed by atoms with Crippen LogP contribution in [0.2, 0.25) is 0 Å². The molecule has 2 rings (SSSR count). The number of ether oxygens (including phenoxy) is 1. The molecule has 1 atom stereocenters. The molecule has 3 nitrogen and oxygen atoms in total. The van der Waals surface area contributed by atoms with Crippen molar-refractivity contribution in [2.24, 2.45) is 0 Å². The second-order valence-corrected chi connectivity index (χ2v) is 5.47. The Kier molecular flexibility index (Phi) is 5.67. The van der Waals surface area contributed by atoms with Gasteiger partial charge in [-0.05, 0) is 49.9 Å². The SMILES string of the molecule is CCCN(Cc1ccc(N)cc1)CC1CCCCO1. The van der Waals surface area contributed by atoms with Crippen molar-refractivity contribution in [3.05, 3.63) is 29.8 Å². The van der Waals surface area contributed by atoms with Gasteiger partial charge in [-0.2, -0.15) is 0 Å². The molecule has 0 aliphatic carbocycles. The van der Waals surface area contributed by atoms with Crippen molar-refractivity contribution in [2.75, 3.05) is 25.4 Å². The molecule has 1 saturated heterocycles. The van der Waals surface area contributed by atoms with E-state index in [1.807, 2.05) is 12.1 Å². The van der Waals surface area contributed by atoms with Gasteiger partial charge in [-0.3, -0.25) is 4.90 Å². The zero-order valence-corrected chi connectivity index (χ0v) is 12.0. The van der Waals surface area contributed by atoms with Crippen LogP contribution in [0.1, 0.15) is 38.2 Å². The first-order valence-electron chi connectivity index (χ1n) is 7.46. The van der Waals surface area contributed by atoms with Crippen LogP contribution in [0, 0.1) is 0 Å². The minimum Gasteiger partial charge on any atom is -0.399 e. The number of nitrogens with two attached hydrogens (primary N) is 1. The van der Waals surface area contributed by atoms with Crippen LogP contribution in [0.15, 0.2) is 24.3 Å². The smallest absolute Gasteiger partial charge is 0.0702 e. The zero-order valence-electron chi connectivity index (χ0n) is 12.0. The molecule has 0 spiro atoms. The minimum absolute atomic E-state index is 0.425. The Balaban J connectivity index is 1.89. The minimum atomic E-state index is 0.425. The van der Waals surface area contributed by atoms with Crippen LogP contribution in [0.3, 0.4) is 0 Å². The maximum absolute atomic E-state index is 5.85. The fourth-order valence-corrected chi connectivity index (χ4v) is 2.67. The first-order chi connectivity index (χ1) is 9.28. The molecule has 1 heterocycles. The van der Waals surface area contributed by atoms with E-state index in [9.17, 15) is 0 Å². The number of hydrogen-bond donors (Lipinski definition) is 1. The number of nitrogen functional groups attached to an aromatic ring is 1. The van der Waals surface area contributed by atoms with Gasteiger partial charge in [-0.25, -0.2) is 0 Å². The molecular weight excluding hydrogens is 236 g/mol. The molecule has 1 aliphatic heterocycles. The molecule has 0 saturated carbocycles. The van der Waals surface area contributed by atoms with Crippen LogP contribution in [0.25, 0.3) is 0 Å². The van der Waals surface area contributed by atoms with Gasteiger partial charge in [0.15, 0.2) is 0 Å². The average Bonchev–Trinajstić information content (AvgIpc) is 2.43. The first kappa shape index (κ1) is 14.4. The van der Waals surface area contributed by atoms with Gasteiger partial charge in [0.05, 0.1) is 6.10 Å². The van der Waals surface area contributed by atoms with Crippen LogP contribution in [0.4, 0.5) is 5.69 Å². The molecule has 1 unspecified atom stereocenters. The largest absolute Gasteiger partial charge is 0.399 e. The number of benzene rings is 1. The van der Waals surface area contributed by atoms with E-state index in [4.69, 9.17) is 10.5 Å². The van der Waals surface area contributed by atoms with Gasteiger partial charge in [-0.1, -0.05) is 19.1 Å². The highest BCUT2D eigenvalue weighted by molar-refractivity contribution is 5.39. The van der Waals surface area contributed by atoms with Gasteiger partial charge in [0, 0.05) is 25.4 Å². The monoisotopic (exact) mass is 262 g/mol. The summed E-state index contributed by atoms with van der Waals surface area (Å²) >= 11 is 0. The molecule has 0 amide bonds. The molecule has 1 fully saturated rings. The lowest BCUT2D eigenvalue weighted by Crippen LogP contribution is -2.35. The summed E-state index contributed by atoms with van der Waals surface area (Å²) in [6, 6.07) is 8.21. The fraction of sp³-hybridized carbons (Fsp3) is 0.625. The lowest BCUT2D eigenvalue weighted by molar-refractivity contribution is -0.00713. The molecule has 2 N–H and O–H groups in total. The number of nitrogens with zero attached hydrogens (tertiary/aromatic N) is 1. The Morgan fingerprint density at radius 2 is 2.05 bits per heavy atom. The van der Waals surface area contributed by atoms with Crippen molar-refractivity contribution in [2.45, 2.75) is 45.3 Å². The van der Waals surface area contributed by atoms with E-state index in [2.05, 4.69) is 24.0 Å². The molecule has 1 aliphatic rings. The molecule has 1 aromatic rings. The van der Waals surface area contributed by atoms with Gasteiger partial charge in [0.1, 0.15) is 0 Å². The van der Waals surface area contributed by atoms with Crippen LogP contribution in [-0.4, -0.2) is 30.7 Å². The molecule has 0 aromatic heterocycles. The molecule has 19 heavy (non-hydrogen) atoms. The first-order valence-corrected chi connectivity index (χ1v) is 7.46. The van der Waals surface area contributed by atoms with E-state index in [1.54, 1.807) is 0 Å². The van der Waals surface area contributed by atoms with Crippen molar-refractivity contribution in [3.8, 4) is 0 Å². The van der Waals surface area contributed by atoms with Crippen molar-refractivity contribution < 1.29 is 4.74 Å².